The lowest BCUT2D eigenvalue weighted by Crippen LogP contribution is -2.41. The predicted molar refractivity (Wildman–Crippen MR) is 134 cm³/mol. The molecule has 0 saturated heterocycles. The molecule has 0 spiro atoms. The monoisotopic (exact) mass is 546 g/mol. The first-order chi connectivity index (χ1) is 16.2. The number of amides is 1. The summed E-state index contributed by atoms with van der Waals surface area (Å²) in [5.74, 6) is 0.292. The van der Waals surface area contributed by atoms with Crippen LogP contribution in [0, 0.1) is 0 Å². The molecule has 0 aliphatic rings. The number of ether oxygens (including phenoxy) is 2. The van der Waals surface area contributed by atoms with Gasteiger partial charge in [-0.15, -0.1) is 0 Å². The highest BCUT2D eigenvalue weighted by Crippen LogP contribution is 2.31. The molecule has 1 atom stereocenters. The summed E-state index contributed by atoms with van der Waals surface area (Å²) in [6.45, 7) is 1.55. The van der Waals surface area contributed by atoms with Gasteiger partial charge < -0.3 is 14.8 Å². The van der Waals surface area contributed by atoms with E-state index in [4.69, 9.17) is 9.47 Å². The van der Waals surface area contributed by atoms with Crippen molar-refractivity contribution in [1.82, 2.24) is 9.62 Å². The number of halogens is 1. The zero-order valence-electron chi connectivity index (χ0n) is 19.2. The number of carbonyl (C=O) groups is 1. The normalized spacial score (nSPS) is 12.3. The van der Waals surface area contributed by atoms with Crippen molar-refractivity contribution in [3.8, 4) is 11.5 Å². The van der Waals surface area contributed by atoms with E-state index < -0.39 is 15.9 Å². The minimum atomic E-state index is -4.03. The van der Waals surface area contributed by atoms with E-state index in [1.54, 1.807) is 0 Å². The molecule has 0 heterocycles. The zero-order valence-corrected chi connectivity index (χ0v) is 21.6. The Labute approximate surface area is 208 Å². The average molecular weight is 547 g/mol. The average Bonchev–Trinajstić information content (AvgIpc) is 2.83. The number of nitrogens with one attached hydrogen (secondary N) is 1. The first-order valence-electron chi connectivity index (χ1n) is 10.6. The molecule has 1 N–H and O–H groups in total. The van der Waals surface area contributed by atoms with Gasteiger partial charge in [-0.25, -0.2) is 8.42 Å². The summed E-state index contributed by atoms with van der Waals surface area (Å²) in [7, 11) is -1.12. The number of carbonyl (C=O) groups excluding carboxylic acids is 1. The summed E-state index contributed by atoms with van der Waals surface area (Å²) >= 11 is 3.43. The van der Waals surface area contributed by atoms with E-state index in [-0.39, 0.29) is 29.8 Å². The van der Waals surface area contributed by atoms with Crippen LogP contribution in [0.1, 0.15) is 24.1 Å². The highest BCUT2D eigenvalue weighted by Gasteiger charge is 2.28. The van der Waals surface area contributed by atoms with Gasteiger partial charge in [-0.1, -0.05) is 58.4 Å². The van der Waals surface area contributed by atoms with E-state index in [1.807, 2.05) is 61.5 Å². The maximum absolute atomic E-state index is 13.6. The summed E-state index contributed by atoms with van der Waals surface area (Å²) in [5, 5.41) is 2.89. The number of sulfonamides is 1. The molecule has 34 heavy (non-hydrogen) atoms. The maximum atomic E-state index is 13.6. The molecule has 3 rings (SSSR count). The van der Waals surface area contributed by atoms with Gasteiger partial charge in [0.1, 0.15) is 0 Å². The molecule has 3 aromatic rings. The van der Waals surface area contributed by atoms with Crippen molar-refractivity contribution in [1.29, 1.82) is 0 Å². The van der Waals surface area contributed by atoms with Gasteiger partial charge in [0.05, 0.1) is 31.7 Å². The number of hydrogen-bond donors (Lipinski definition) is 1. The van der Waals surface area contributed by atoms with Crippen LogP contribution in [0.25, 0.3) is 0 Å². The Morgan fingerprint density at radius 2 is 1.68 bits per heavy atom. The van der Waals surface area contributed by atoms with Crippen molar-refractivity contribution in [3.05, 3.63) is 88.4 Å². The van der Waals surface area contributed by atoms with E-state index in [0.717, 1.165) is 19.9 Å². The number of rotatable bonds is 10. The second-order valence-corrected chi connectivity index (χ2v) is 10.5. The number of hydrogen-bond acceptors (Lipinski definition) is 5. The summed E-state index contributed by atoms with van der Waals surface area (Å²) in [5.41, 5.74) is 1.67. The van der Waals surface area contributed by atoms with Crippen molar-refractivity contribution < 1.29 is 22.7 Å². The van der Waals surface area contributed by atoms with Crippen molar-refractivity contribution in [2.75, 3.05) is 20.8 Å². The first-order valence-corrected chi connectivity index (χ1v) is 12.8. The van der Waals surface area contributed by atoms with Gasteiger partial charge >= 0.3 is 0 Å². The fraction of sp³-hybridized carbons (Fsp3) is 0.240. The fourth-order valence-electron chi connectivity index (χ4n) is 3.45. The van der Waals surface area contributed by atoms with Crippen molar-refractivity contribution in [2.24, 2.45) is 0 Å². The molecule has 0 aliphatic carbocycles. The van der Waals surface area contributed by atoms with Gasteiger partial charge in [-0.2, -0.15) is 4.31 Å². The maximum Gasteiger partial charge on any atom is 0.243 e. The fourth-order valence-corrected chi connectivity index (χ4v) is 5.26. The Kier molecular flexibility index (Phi) is 8.71. The number of methoxy groups -OCH3 is 2. The van der Waals surface area contributed by atoms with E-state index in [0.29, 0.717) is 5.75 Å². The van der Waals surface area contributed by atoms with Gasteiger partial charge in [0.15, 0.2) is 11.5 Å². The summed E-state index contributed by atoms with van der Waals surface area (Å²) in [6.07, 6.45) is 0. The van der Waals surface area contributed by atoms with Crippen molar-refractivity contribution >= 4 is 31.9 Å². The molecule has 1 amide bonds. The highest BCUT2D eigenvalue weighted by molar-refractivity contribution is 9.10. The predicted octanol–water partition coefficient (Wildman–Crippen LogP) is 4.53. The van der Waals surface area contributed by atoms with Crippen molar-refractivity contribution in [3.63, 3.8) is 0 Å². The molecule has 7 nitrogen and oxygen atoms in total. The van der Waals surface area contributed by atoms with Crippen LogP contribution in [0.5, 0.6) is 11.5 Å². The second kappa shape index (κ2) is 11.5. The van der Waals surface area contributed by atoms with Crippen LogP contribution < -0.4 is 14.8 Å². The molecule has 1 unspecified atom stereocenters. The number of nitrogens with zero attached hydrogens (tertiary/aromatic N) is 1. The molecule has 0 aliphatic heterocycles. The van der Waals surface area contributed by atoms with Crippen LogP contribution in [0.2, 0.25) is 0 Å². The summed E-state index contributed by atoms with van der Waals surface area (Å²) in [6, 6.07) is 20.8. The van der Waals surface area contributed by atoms with Crippen LogP contribution in [-0.4, -0.2) is 39.4 Å². The van der Waals surface area contributed by atoms with Gasteiger partial charge in [0, 0.05) is 17.1 Å². The van der Waals surface area contributed by atoms with Crippen LogP contribution in [0.15, 0.2) is 82.2 Å². The Morgan fingerprint density at radius 1 is 0.971 bits per heavy atom. The Bertz CT molecular complexity index is 1240. The highest BCUT2D eigenvalue weighted by atomic mass is 79.9. The van der Waals surface area contributed by atoms with E-state index >= 15 is 0 Å². The SMILES string of the molecule is COc1ccc(S(=O)(=O)N(CC(=O)NC(C)c2cccc(Br)c2)Cc2ccccc2)cc1OC. The van der Waals surface area contributed by atoms with E-state index in [9.17, 15) is 13.2 Å². The second-order valence-electron chi connectivity index (χ2n) is 7.62. The third kappa shape index (κ3) is 6.37. The lowest BCUT2D eigenvalue weighted by molar-refractivity contribution is -0.122. The topological polar surface area (TPSA) is 84.9 Å². The van der Waals surface area contributed by atoms with Gasteiger partial charge in [0.25, 0.3) is 0 Å². The van der Waals surface area contributed by atoms with Crippen LogP contribution in [0.3, 0.4) is 0 Å². The molecule has 9 heteroatoms. The Hall–Kier alpha value is -2.88. The lowest BCUT2D eigenvalue weighted by atomic mass is 10.1. The molecule has 0 fully saturated rings. The Balaban J connectivity index is 1.88. The minimum Gasteiger partial charge on any atom is -0.493 e. The van der Waals surface area contributed by atoms with Gasteiger partial charge in [-0.3, -0.25) is 4.79 Å². The van der Waals surface area contributed by atoms with E-state index in [2.05, 4.69) is 21.2 Å². The van der Waals surface area contributed by atoms with Crippen molar-refractivity contribution in [2.45, 2.75) is 24.4 Å². The quantitative estimate of drug-likeness (QED) is 0.403. The molecule has 0 saturated carbocycles. The van der Waals surface area contributed by atoms with Gasteiger partial charge in [-0.05, 0) is 42.3 Å². The molecule has 180 valence electrons. The minimum absolute atomic E-state index is 0.00826. The molecule has 0 aromatic heterocycles. The molecular formula is C25H27BrN2O5S. The largest absolute Gasteiger partial charge is 0.493 e. The summed E-state index contributed by atoms with van der Waals surface area (Å²) < 4.78 is 39.7. The van der Waals surface area contributed by atoms with E-state index in [1.165, 1.54) is 32.4 Å². The van der Waals surface area contributed by atoms with Gasteiger partial charge in [0.2, 0.25) is 15.9 Å². The Morgan fingerprint density at radius 3 is 2.32 bits per heavy atom. The molecule has 0 radical (unpaired) electrons. The third-order valence-corrected chi connectivity index (χ3v) is 7.52. The molecule has 3 aromatic carbocycles. The van der Waals surface area contributed by atoms with Crippen LogP contribution in [0.4, 0.5) is 0 Å². The zero-order chi connectivity index (χ0) is 24.7. The molecule has 0 bridgehead atoms. The van der Waals surface area contributed by atoms with Crippen LogP contribution >= 0.6 is 15.9 Å². The lowest BCUT2D eigenvalue weighted by Gasteiger charge is -2.24. The smallest absolute Gasteiger partial charge is 0.243 e. The first kappa shape index (κ1) is 25.7. The summed E-state index contributed by atoms with van der Waals surface area (Å²) in [4.78, 5) is 12.9. The molecular weight excluding hydrogens is 520 g/mol. The van der Waals surface area contributed by atoms with Crippen LogP contribution in [-0.2, 0) is 21.4 Å². The number of benzene rings is 3. The third-order valence-electron chi connectivity index (χ3n) is 5.24. The standard InChI is InChI=1S/C25H27BrN2O5S/c1-18(20-10-7-11-21(26)14-20)27-25(29)17-28(16-19-8-5-4-6-9-19)34(30,31)22-12-13-23(32-2)24(15-22)33-3/h4-15,18H,16-17H2,1-3H3,(H,27,29).